The molecule has 0 bridgehead atoms. The molecule has 2 aromatic carbocycles. The van der Waals surface area contributed by atoms with Crippen molar-refractivity contribution in [3.05, 3.63) is 65.7 Å². The first-order valence-corrected chi connectivity index (χ1v) is 17.3. The number of ether oxygens (including phenoxy) is 2. The van der Waals surface area contributed by atoms with Crippen LogP contribution in [0.4, 0.5) is 0 Å². The Morgan fingerprint density at radius 2 is 1.28 bits per heavy atom. The summed E-state index contributed by atoms with van der Waals surface area (Å²) in [5, 5.41) is 1.64. The maximum Gasteiger partial charge on any atom is 0.106 e. The Balaban J connectivity index is 1.73. The number of benzene rings is 2. The van der Waals surface area contributed by atoms with Crippen molar-refractivity contribution in [2.45, 2.75) is 104 Å². The molecule has 2 nitrogen and oxygen atoms in total. The normalized spacial score (nSPS) is 28.8. The molecule has 4 rings (SSSR count). The maximum atomic E-state index is 6.70. The van der Waals surface area contributed by atoms with E-state index in [0.29, 0.717) is 13.2 Å². The summed E-state index contributed by atoms with van der Waals surface area (Å²) in [6, 6.07) is 20.0. The third-order valence-corrected chi connectivity index (χ3v) is 13.5. The Bertz CT molecular complexity index is 957. The highest BCUT2D eigenvalue weighted by Crippen LogP contribution is 2.61. The lowest BCUT2D eigenvalue weighted by Gasteiger charge is -2.50. The molecule has 2 fully saturated rings. The molecular formula is C36H55O2P. The van der Waals surface area contributed by atoms with Crippen LogP contribution in [0.2, 0.25) is 0 Å². The van der Waals surface area contributed by atoms with Crippen molar-refractivity contribution in [1.82, 2.24) is 0 Å². The van der Waals surface area contributed by atoms with Crippen molar-refractivity contribution in [3.63, 3.8) is 0 Å². The molecule has 2 aliphatic rings. The number of rotatable bonds is 11. The zero-order valence-electron chi connectivity index (χ0n) is 25.8. The van der Waals surface area contributed by atoms with Gasteiger partial charge in [0.1, 0.15) is 6.10 Å². The molecule has 0 radical (unpaired) electrons. The topological polar surface area (TPSA) is 18.5 Å². The van der Waals surface area contributed by atoms with E-state index in [9.17, 15) is 0 Å². The molecule has 0 amide bonds. The third kappa shape index (κ3) is 7.75. The highest BCUT2D eigenvalue weighted by molar-refractivity contribution is 7.67. The minimum Gasteiger partial charge on any atom is -0.382 e. The number of methoxy groups -OCH3 is 1. The zero-order valence-corrected chi connectivity index (χ0v) is 26.7. The summed E-state index contributed by atoms with van der Waals surface area (Å²) >= 11 is 0. The van der Waals surface area contributed by atoms with E-state index in [-0.39, 0.29) is 14.0 Å². The molecule has 3 heteroatoms. The van der Waals surface area contributed by atoms with Crippen LogP contribution in [0.15, 0.2) is 54.6 Å². The molecule has 216 valence electrons. The first-order valence-electron chi connectivity index (χ1n) is 15.8. The number of hydrogen-bond acceptors (Lipinski definition) is 2. The van der Waals surface area contributed by atoms with Gasteiger partial charge in [-0.05, 0) is 88.9 Å². The van der Waals surface area contributed by atoms with E-state index in [1.165, 1.54) is 49.7 Å². The van der Waals surface area contributed by atoms with Crippen molar-refractivity contribution < 1.29 is 9.47 Å². The fourth-order valence-corrected chi connectivity index (χ4v) is 12.6. The van der Waals surface area contributed by atoms with Gasteiger partial charge in [0.25, 0.3) is 0 Å². The van der Waals surface area contributed by atoms with Crippen LogP contribution in [-0.4, -0.2) is 25.0 Å². The van der Waals surface area contributed by atoms with E-state index in [1.54, 1.807) is 12.4 Å². The van der Waals surface area contributed by atoms with Gasteiger partial charge in [-0.2, -0.15) is 0 Å². The van der Waals surface area contributed by atoms with Gasteiger partial charge < -0.3 is 9.47 Å². The van der Waals surface area contributed by atoms with Crippen LogP contribution in [0.1, 0.15) is 97.3 Å². The Labute approximate surface area is 241 Å². The highest BCUT2D eigenvalue weighted by Gasteiger charge is 2.44. The summed E-state index contributed by atoms with van der Waals surface area (Å²) in [4.78, 5) is 0. The monoisotopic (exact) mass is 550 g/mol. The highest BCUT2D eigenvalue weighted by atomic mass is 31.1. The molecular weight excluding hydrogens is 495 g/mol. The summed E-state index contributed by atoms with van der Waals surface area (Å²) in [5.41, 5.74) is 4.24. The summed E-state index contributed by atoms with van der Waals surface area (Å²) in [6.07, 6.45) is 8.35. The van der Waals surface area contributed by atoms with Gasteiger partial charge in [0.2, 0.25) is 0 Å². The van der Waals surface area contributed by atoms with E-state index < -0.39 is 0 Å². The van der Waals surface area contributed by atoms with Gasteiger partial charge in [0.05, 0.1) is 13.2 Å². The Morgan fingerprint density at radius 1 is 0.744 bits per heavy atom. The smallest absolute Gasteiger partial charge is 0.106 e. The van der Waals surface area contributed by atoms with Gasteiger partial charge in [0.15, 0.2) is 0 Å². The molecule has 2 saturated carbocycles. The molecule has 0 unspecified atom stereocenters. The molecule has 2 aromatic rings. The lowest BCUT2D eigenvalue weighted by molar-refractivity contribution is -0.0125. The minimum atomic E-state index is -0.314. The number of hydrogen-bond donors (Lipinski definition) is 0. The second kappa shape index (κ2) is 14.6. The van der Waals surface area contributed by atoms with Crippen LogP contribution >= 0.6 is 7.92 Å². The largest absolute Gasteiger partial charge is 0.382 e. The molecule has 0 aliphatic heterocycles. The minimum absolute atomic E-state index is 0.0493. The Morgan fingerprint density at radius 3 is 1.82 bits per heavy atom. The zero-order chi connectivity index (χ0) is 27.9. The van der Waals surface area contributed by atoms with Crippen LogP contribution in [0.5, 0.6) is 0 Å². The molecule has 0 N–H and O–H groups in total. The molecule has 2 aliphatic carbocycles. The fraction of sp³-hybridized carbons (Fsp3) is 0.667. The van der Waals surface area contributed by atoms with Crippen LogP contribution in [0.25, 0.3) is 0 Å². The average Bonchev–Trinajstić information content (AvgIpc) is 2.92. The lowest BCUT2D eigenvalue weighted by Crippen LogP contribution is -2.41. The summed E-state index contributed by atoms with van der Waals surface area (Å²) < 4.78 is 12.3. The van der Waals surface area contributed by atoms with E-state index in [0.717, 1.165) is 46.8 Å². The van der Waals surface area contributed by atoms with Crippen LogP contribution in [-0.2, 0) is 16.1 Å². The fourth-order valence-electron chi connectivity index (χ4n) is 7.68. The summed E-state index contributed by atoms with van der Waals surface area (Å²) in [7, 11) is 1.46. The van der Waals surface area contributed by atoms with Crippen molar-refractivity contribution in [2.24, 2.45) is 35.5 Å². The van der Waals surface area contributed by atoms with Gasteiger partial charge in [-0.1, -0.05) is 117 Å². The average molecular weight is 551 g/mol. The third-order valence-electron chi connectivity index (χ3n) is 9.89. The second-order valence-corrected chi connectivity index (χ2v) is 16.1. The SMILES string of the molecule is COC[C@@H](OCc1ccccc1P([C@@H]1C[C@H](C)CC[C@H]1C(C)C)[C@@H]1C[C@H](C)CC[C@H]1C(C)C)c1ccccc1. The Kier molecular flexibility index (Phi) is 11.5. The van der Waals surface area contributed by atoms with E-state index in [2.05, 4.69) is 96.1 Å². The summed E-state index contributed by atoms with van der Waals surface area (Å²) in [6.45, 7) is 16.2. The first-order chi connectivity index (χ1) is 18.8. The van der Waals surface area contributed by atoms with Crippen molar-refractivity contribution in [3.8, 4) is 0 Å². The molecule has 0 aromatic heterocycles. The van der Waals surface area contributed by atoms with Crippen LogP contribution in [0, 0.1) is 35.5 Å². The summed E-state index contributed by atoms with van der Waals surface area (Å²) in [5.74, 6) is 4.83. The van der Waals surface area contributed by atoms with Crippen LogP contribution < -0.4 is 5.30 Å². The van der Waals surface area contributed by atoms with E-state index in [4.69, 9.17) is 9.47 Å². The van der Waals surface area contributed by atoms with Crippen molar-refractivity contribution >= 4 is 13.2 Å². The van der Waals surface area contributed by atoms with Gasteiger partial charge >= 0.3 is 0 Å². The molecule has 0 saturated heterocycles. The van der Waals surface area contributed by atoms with Gasteiger partial charge in [-0.25, -0.2) is 0 Å². The van der Waals surface area contributed by atoms with Gasteiger partial charge in [-0.3, -0.25) is 0 Å². The Hall–Kier alpha value is -1.21. The van der Waals surface area contributed by atoms with Crippen molar-refractivity contribution in [2.75, 3.05) is 13.7 Å². The quantitative estimate of drug-likeness (QED) is 0.259. The predicted molar refractivity (Wildman–Crippen MR) is 169 cm³/mol. The molecule has 7 atom stereocenters. The van der Waals surface area contributed by atoms with E-state index in [1.807, 2.05) is 0 Å². The second-order valence-electron chi connectivity index (χ2n) is 13.5. The first kappa shape index (κ1) is 30.7. The standard InChI is InChI=1S/C36H55O2P/c1-25(2)31-19-17-27(5)21-35(31)39(36-22-28(6)18-20-32(36)26(3)4)34-16-12-11-15-30(34)23-38-33(24-37-7)29-13-9-8-10-14-29/h8-16,25-28,31-33,35-36H,17-24H2,1-7H3/t27-,28-,31+,32+,33-,35-,36-/m1/s1. The predicted octanol–water partition coefficient (Wildman–Crippen LogP) is 9.62. The van der Waals surface area contributed by atoms with E-state index >= 15 is 0 Å². The molecule has 0 heterocycles. The molecule has 0 spiro atoms. The van der Waals surface area contributed by atoms with Crippen molar-refractivity contribution in [1.29, 1.82) is 0 Å². The van der Waals surface area contributed by atoms with Gasteiger partial charge in [0, 0.05) is 7.11 Å². The van der Waals surface area contributed by atoms with Gasteiger partial charge in [-0.15, -0.1) is 0 Å². The lowest BCUT2D eigenvalue weighted by atomic mass is 9.76. The molecule has 39 heavy (non-hydrogen) atoms. The maximum absolute atomic E-state index is 6.70. The van der Waals surface area contributed by atoms with Crippen LogP contribution in [0.3, 0.4) is 0 Å².